The summed E-state index contributed by atoms with van der Waals surface area (Å²) in [5.74, 6) is -0.524. The molecule has 3 rings (SSSR count). The monoisotopic (exact) mass is 340 g/mol. The Morgan fingerprint density at radius 1 is 1.20 bits per heavy atom. The summed E-state index contributed by atoms with van der Waals surface area (Å²) in [5.41, 5.74) is 3.49. The van der Waals surface area contributed by atoms with E-state index in [9.17, 15) is 14.3 Å². The van der Waals surface area contributed by atoms with Crippen LogP contribution in [0.5, 0.6) is 0 Å². The van der Waals surface area contributed by atoms with Crippen molar-refractivity contribution in [3.63, 3.8) is 0 Å². The highest BCUT2D eigenvalue weighted by Crippen LogP contribution is 2.23. The molecule has 1 amide bonds. The third-order valence-corrected chi connectivity index (χ3v) is 4.44. The van der Waals surface area contributed by atoms with Crippen LogP contribution in [0.2, 0.25) is 0 Å². The first-order chi connectivity index (χ1) is 12.0. The molecule has 0 fully saturated rings. The fraction of sp³-hybridized carbons (Fsp3) is 0.250. The second-order valence-corrected chi connectivity index (χ2v) is 6.30. The smallest absolute Gasteiger partial charge is 0.224 e. The van der Waals surface area contributed by atoms with Crippen molar-refractivity contribution in [2.45, 2.75) is 32.4 Å². The van der Waals surface area contributed by atoms with Crippen LogP contribution in [0.4, 0.5) is 4.39 Å². The zero-order chi connectivity index (χ0) is 18.0. The van der Waals surface area contributed by atoms with Crippen LogP contribution in [0, 0.1) is 12.7 Å². The summed E-state index contributed by atoms with van der Waals surface area (Å²) in [7, 11) is 0. The van der Waals surface area contributed by atoms with E-state index in [1.807, 2.05) is 31.2 Å². The fourth-order valence-corrected chi connectivity index (χ4v) is 3.06. The standard InChI is InChI=1S/C20H21FN2O2/c1-12-17(16-5-3-4-6-18(16)22-12)11-19(24)23-13(2)20(25)14-7-9-15(21)10-8-14/h3-10,13,20,22,25H,11H2,1-2H3,(H,23,24). The summed E-state index contributed by atoms with van der Waals surface area (Å²) in [4.78, 5) is 15.7. The second kappa shape index (κ2) is 7.07. The van der Waals surface area contributed by atoms with Gasteiger partial charge in [-0.3, -0.25) is 4.79 Å². The maximum Gasteiger partial charge on any atom is 0.224 e. The molecule has 130 valence electrons. The van der Waals surface area contributed by atoms with Crippen molar-refractivity contribution in [2.75, 3.05) is 0 Å². The van der Waals surface area contributed by atoms with Crippen LogP contribution in [-0.2, 0) is 11.2 Å². The van der Waals surface area contributed by atoms with E-state index < -0.39 is 12.1 Å². The van der Waals surface area contributed by atoms with Crippen molar-refractivity contribution in [3.8, 4) is 0 Å². The Hall–Kier alpha value is -2.66. The molecule has 0 aliphatic heterocycles. The normalized spacial score (nSPS) is 13.6. The van der Waals surface area contributed by atoms with Crippen LogP contribution in [-0.4, -0.2) is 22.0 Å². The number of aryl methyl sites for hydroxylation is 1. The van der Waals surface area contributed by atoms with E-state index in [1.54, 1.807) is 6.92 Å². The third-order valence-electron chi connectivity index (χ3n) is 4.44. The molecule has 2 unspecified atom stereocenters. The summed E-state index contributed by atoms with van der Waals surface area (Å²) >= 11 is 0. The molecule has 0 spiro atoms. The predicted molar refractivity (Wildman–Crippen MR) is 95.7 cm³/mol. The van der Waals surface area contributed by atoms with E-state index in [-0.39, 0.29) is 18.1 Å². The molecular weight excluding hydrogens is 319 g/mol. The molecule has 0 bridgehead atoms. The topological polar surface area (TPSA) is 65.1 Å². The molecule has 0 saturated carbocycles. The number of fused-ring (bicyclic) bond motifs is 1. The van der Waals surface area contributed by atoms with Gasteiger partial charge in [0.1, 0.15) is 5.82 Å². The van der Waals surface area contributed by atoms with Gasteiger partial charge >= 0.3 is 0 Å². The molecule has 2 atom stereocenters. The number of carbonyl (C=O) groups excluding carboxylic acids is 1. The number of halogens is 1. The summed E-state index contributed by atoms with van der Waals surface area (Å²) in [6.07, 6.45) is -0.662. The molecule has 1 aromatic heterocycles. The van der Waals surface area contributed by atoms with E-state index in [4.69, 9.17) is 0 Å². The van der Waals surface area contributed by atoms with Gasteiger partial charge in [0, 0.05) is 16.6 Å². The highest BCUT2D eigenvalue weighted by atomic mass is 19.1. The quantitative estimate of drug-likeness (QED) is 0.666. The molecular formula is C20H21FN2O2. The van der Waals surface area contributed by atoms with Crippen LogP contribution in [0.1, 0.15) is 29.8 Å². The van der Waals surface area contributed by atoms with Crippen LogP contribution in [0.15, 0.2) is 48.5 Å². The van der Waals surface area contributed by atoms with Gasteiger partial charge in [0.05, 0.1) is 18.6 Å². The van der Waals surface area contributed by atoms with Crippen molar-refractivity contribution < 1.29 is 14.3 Å². The molecule has 25 heavy (non-hydrogen) atoms. The lowest BCUT2D eigenvalue weighted by atomic mass is 10.0. The highest BCUT2D eigenvalue weighted by Gasteiger charge is 2.20. The minimum absolute atomic E-state index is 0.165. The van der Waals surface area contributed by atoms with Gasteiger partial charge in [-0.25, -0.2) is 4.39 Å². The number of carbonyl (C=O) groups is 1. The average Bonchev–Trinajstić information content (AvgIpc) is 2.90. The first-order valence-corrected chi connectivity index (χ1v) is 8.25. The highest BCUT2D eigenvalue weighted by molar-refractivity contribution is 5.90. The zero-order valence-corrected chi connectivity index (χ0v) is 14.2. The van der Waals surface area contributed by atoms with Gasteiger partial charge in [-0.2, -0.15) is 0 Å². The van der Waals surface area contributed by atoms with Crippen molar-refractivity contribution in [3.05, 3.63) is 71.2 Å². The summed E-state index contributed by atoms with van der Waals surface area (Å²) in [5, 5.41) is 14.2. The van der Waals surface area contributed by atoms with Crippen molar-refractivity contribution in [2.24, 2.45) is 0 Å². The first-order valence-electron chi connectivity index (χ1n) is 8.25. The maximum atomic E-state index is 13.0. The van der Waals surface area contributed by atoms with Gasteiger partial charge in [0.25, 0.3) is 0 Å². The Balaban J connectivity index is 1.69. The Kier molecular flexibility index (Phi) is 4.86. The Bertz CT molecular complexity index is 886. The molecule has 3 N–H and O–H groups in total. The summed E-state index contributed by atoms with van der Waals surface area (Å²) in [6.45, 7) is 3.67. The molecule has 0 aliphatic carbocycles. The van der Waals surface area contributed by atoms with E-state index in [1.165, 1.54) is 24.3 Å². The molecule has 0 aliphatic rings. The lowest BCUT2D eigenvalue weighted by Crippen LogP contribution is -2.38. The number of aliphatic hydroxyl groups excluding tert-OH is 1. The number of nitrogens with one attached hydrogen (secondary N) is 2. The van der Waals surface area contributed by atoms with Gasteiger partial charge in [0.15, 0.2) is 0 Å². The van der Waals surface area contributed by atoms with Crippen molar-refractivity contribution in [1.82, 2.24) is 10.3 Å². The van der Waals surface area contributed by atoms with Gasteiger partial charge in [-0.1, -0.05) is 30.3 Å². The third kappa shape index (κ3) is 3.72. The number of para-hydroxylation sites is 1. The van der Waals surface area contributed by atoms with Gasteiger partial charge in [-0.15, -0.1) is 0 Å². The van der Waals surface area contributed by atoms with E-state index in [0.29, 0.717) is 5.56 Å². The Morgan fingerprint density at radius 3 is 2.60 bits per heavy atom. The van der Waals surface area contributed by atoms with Crippen LogP contribution >= 0.6 is 0 Å². The number of hydrogen-bond acceptors (Lipinski definition) is 2. The molecule has 1 heterocycles. The zero-order valence-electron chi connectivity index (χ0n) is 14.2. The first kappa shape index (κ1) is 17.2. The number of aromatic amines is 1. The molecule has 0 saturated heterocycles. The number of amides is 1. The number of aromatic nitrogens is 1. The average molecular weight is 340 g/mol. The van der Waals surface area contributed by atoms with E-state index >= 15 is 0 Å². The Morgan fingerprint density at radius 2 is 1.88 bits per heavy atom. The molecule has 2 aromatic carbocycles. The van der Waals surface area contributed by atoms with E-state index in [0.717, 1.165) is 22.2 Å². The SMILES string of the molecule is Cc1[nH]c2ccccc2c1CC(=O)NC(C)C(O)c1ccc(F)cc1. The summed E-state index contributed by atoms with van der Waals surface area (Å²) in [6, 6.07) is 13.0. The minimum atomic E-state index is -0.895. The molecule has 4 nitrogen and oxygen atoms in total. The number of benzene rings is 2. The maximum absolute atomic E-state index is 13.0. The number of H-pyrrole nitrogens is 1. The van der Waals surface area contributed by atoms with Crippen LogP contribution in [0.25, 0.3) is 10.9 Å². The lowest BCUT2D eigenvalue weighted by molar-refractivity contribution is -0.121. The number of hydrogen-bond donors (Lipinski definition) is 3. The molecule has 0 radical (unpaired) electrons. The van der Waals surface area contributed by atoms with Crippen LogP contribution in [0.3, 0.4) is 0 Å². The number of rotatable bonds is 5. The number of aliphatic hydroxyl groups is 1. The van der Waals surface area contributed by atoms with E-state index in [2.05, 4.69) is 10.3 Å². The second-order valence-electron chi connectivity index (χ2n) is 6.30. The summed E-state index contributed by atoms with van der Waals surface area (Å²) < 4.78 is 13.0. The minimum Gasteiger partial charge on any atom is -0.386 e. The van der Waals surface area contributed by atoms with Gasteiger partial charge < -0.3 is 15.4 Å². The Labute approximate surface area is 145 Å². The van der Waals surface area contributed by atoms with Crippen LogP contribution < -0.4 is 5.32 Å². The predicted octanol–water partition coefficient (Wildman–Crippen LogP) is 3.40. The van der Waals surface area contributed by atoms with Crippen molar-refractivity contribution in [1.29, 1.82) is 0 Å². The fourth-order valence-electron chi connectivity index (χ4n) is 3.06. The molecule has 3 aromatic rings. The van der Waals surface area contributed by atoms with Crippen molar-refractivity contribution >= 4 is 16.8 Å². The molecule has 5 heteroatoms. The van der Waals surface area contributed by atoms with Gasteiger partial charge in [-0.05, 0) is 43.2 Å². The lowest BCUT2D eigenvalue weighted by Gasteiger charge is -2.20. The van der Waals surface area contributed by atoms with Gasteiger partial charge in [0.2, 0.25) is 5.91 Å². The largest absolute Gasteiger partial charge is 0.386 e.